The van der Waals surface area contributed by atoms with Crippen LogP contribution in [0.15, 0.2) is 46.9 Å². The maximum absolute atomic E-state index is 12.1. The summed E-state index contributed by atoms with van der Waals surface area (Å²) in [4.78, 5) is 12.1. The van der Waals surface area contributed by atoms with Crippen LogP contribution in [0.2, 0.25) is 0 Å². The molecular formula is C18H18BrNO3. The van der Waals surface area contributed by atoms with E-state index in [9.17, 15) is 4.79 Å². The molecule has 1 aliphatic heterocycles. The van der Waals surface area contributed by atoms with Crippen LogP contribution in [-0.4, -0.2) is 12.7 Å². The van der Waals surface area contributed by atoms with Crippen LogP contribution < -0.4 is 14.8 Å². The predicted octanol–water partition coefficient (Wildman–Crippen LogP) is 3.99. The van der Waals surface area contributed by atoms with Gasteiger partial charge < -0.3 is 14.8 Å². The number of halogens is 1. The van der Waals surface area contributed by atoms with Gasteiger partial charge in [-0.2, -0.15) is 0 Å². The second-order valence-corrected chi connectivity index (χ2v) is 6.45. The summed E-state index contributed by atoms with van der Waals surface area (Å²) in [6.45, 7) is 2.25. The van der Waals surface area contributed by atoms with Crippen molar-refractivity contribution in [2.75, 3.05) is 6.79 Å². The molecule has 120 valence electrons. The molecule has 1 heterocycles. The third-order valence-electron chi connectivity index (χ3n) is 3.80. The fourth-order valence-electron chi connectivity index (χ4n) is 2.53. The van der Waals surface area contributed by atoms with Gasteiger partial charge in [-0.25, -0.2) is 0 Å². The number of rotatable bonds is 5. The summed E-state index contributed by atoms with van der Waals surface area (Å²) < 4.78 is 11.6. The zero-order valence-corrected chi connectivity index (χ0v) is 14.4. The lowest BCUT2D eigenvalue weighted by Crippen LogP contribution is -2.26. The van der Waals surface area contributed by atoms with Crippen molar-refractivity contribution in [2.24, 2.45) is 0 Å². The van der Waals surface area contributed by atoms with Crippen molar-refractivity contribution < 1.29 is 14.3 Å². The first-order chi connectivity index (χ1) is 11.1. The van der Waals surface area contributed by atoms with Gasteiger partial charge in [-0.15, -0.1) is 0 Å². The first kappa shape index (κ1) is 15.9. The Bertz CT molecular complexity index is 717. The number of carbonyl (C=O) groups is 1. The summed E-state index contributed by atoms with van der Waals surface area (Å²) in [5.41, 5.74) is 2.15. The molecule has 0 spiro atoms. The highest BCUT2D eigenvalue weighted by molar-refractivity contribution is 9.10. The monoisotopic (exact) mass is 375 g/mol. The molecule has 1 aliphatic rings. The average Bonchev–Trinajstić information content (AvgIpc) is 3.00. The molecule has 1 amide bonds. The minimum atomic E-state index is -0.0169. The van der Waals surface area contributed by atoms with Crippen LogP contribution in [0.1, 0.15) is 30.5 Å². The van der Waals surface area contributed by atoms with E-state index in [1.807, 2.05) is 49.4 Å². The lowest BCUT2D eigenvalue weighted by Gasteiger charge is -2.14. The van der Waals surface area contributed by atoms with E-state index in [1.165, 1.54) is 0 Å². The highest BCUT2D eigenvalue weighted by Gasteiger charge is 2.14. The van der Waals surface area contributed by atoms with Crippen molar-refractivity contribution in [3.05, 3.63) is 58.1 Å². The van der Waals surface area contributed by atoms with Crippen molar-refractivity contribution in [1.82, 2.24) is 5.32 Å². The normalized spacial score (nSPS) is 13.7. The second kappa shape index (κ2) is 7.04. The van der Waals surface area contributed by atoms with Gasteiger partial charge in [0.05, 0.1) is 6.04 Å². The SMILES string of the molecule is C[C@H](NC(=O)CCc1ccc2c(c1)OCO2)c1cccc(Br)c1. The van der Waals surface area contributed by atoms with E-state index in [-0.39, 0.29) is 18.7 Å². The van der Waals surface area contributed by atoms with Crippen molar-refractivity contribution in [1.29, 1.82) is 0 Å². The summed E-state index contributed by atoms with van der Waals surface area (Å²) in [5, 5.41) is 3.03. The number of aryl methyl sites for hydroxylation is 1. The number of nitrogens with one attached hydrogen (secondary N) is 1. The molecular weight excluding hydrogens is 358 g/mol. The number of hydrogen-bond acceptors (Lipinski definition) is 3. The third kappa shape index (κ3) is 4.05. The van der Waals surface area contributed by atoms with Gasteiger partial charge in [0.1, 0.15) is 0 Å². The number of hydrogen-bond donors (Lipinski definition) is 1. The van der Waals surface area contributed by atoms with Crippen molar-refractivity contribution >= 4 is 21.8 Å². The molecule has 1 atom stereocenters. The lowest BCUT2D eigenvalue weighted by atomic mass is 10.1. The van der Waals surface area contributed by atoms with E-state index in [0.717, 1.165) is 27.1 Å². The molecule has 0 unspecified atom stereocenters. The molecule has 23 heavy (non-hydrogen) atoms. The van der Waals surface area contributed by atoms with Crippen LogP contribution in [0.25, 0.3) is 0 Å². The number of carbonyl (C=O) groups excluding carboxylic acids is 1. The Labute approximate surface area is 143 Å². The van der Waals surface area contributed by atoms with Crippen molar-refractivity contribution in [3.8, 4) is 11.5 Å². The largest absolute Gasteiger partial charge is 0.454 e. The van der Waals surface area contributed by atoms with Gasteiger partial charge in [-0.1, -0.05) is 34.1 Å². The van der Waals surface area contributed by atoms with Crippen LogP contribution in [0.3, 0.4) is 0 Å². The highest BCUT2D eigenvalue weighted by Crippen LogP contribution is 2.32. The van der Waals surface area contributed by atoms with Crippen molar-refractivity contribution in [3.63, 3.8) is 0 Å². The molecule has 4 nitrogen and oxygen atoms in total. The van der Waals surface area contributed by atoms with Gasteiger partial charge in [-0.05, 0) is 48.7 Å². The van der Waals surface area contributed by atoms with Crippen LogP contribution in [-0.2, 0) is 11.2 Å². The minimum Gasteiger partial charge on any atom is -0.454 e. The zero-order chi connectivity index (χ0) is 16.2. The van der Waals surface area contributed by atoms with Crippen LogP contribution in [0.4, 0.5) is 0 Å². The molecule has 0 aromatic heterocycles. The quantitative estimate of drug-likeness (QED) is 0.859. The number of ether oxygens (including phenoxy) is 2. The van der Waals surface area contributed by atoms with E-state index in [4.69, 9.17) is 9.47 Å². The molecule has 1 N–H and O–H groups in total. The third-order valence-corrected chi connectivity index (χ3v) is 4.30. The Morgan fingerprint density at radius 2 is 2.04 bits per heavy atom. The molecule has 0 bridgehead atoms. The van der Waals surface area contributed by atoms with Gasteiger partial charge >= 0.3 is 0 Å². The molecule has 0 saturated heterocycles. The lowest BCUT2D eigenvalue weighted by molar-refractivity contribution is -0.121. The van der Waals surface area contributed by atoms with Gasteiger partial charge in [0.25, 0.3) is 0 Å². The molecule has 5 heteroatoms. The summed E-state index contributed by atoms with van der Waals surface area (Å²) in [6.07, 6.45) is 1.12. The molecule has 0 aliphatic carbocycles. The molecule has 0 radical (unpaired) electrons. The predicted molar refractivity (Wildman–Crippen MR) is 91.6 cm³/mol. The summed E-state index contributed by atoms with van der Waals surface area (Å²) >= 11 is 3.45. The van der Waals surface area contributed by atoms with Gasteiger partial charge in [0, 0.05) is 10.9 Å². The molecule has 0 saturated carbocycles. The van der Waals surface area contributed by atoms with E-state index in [1.54, 1.807) is 0 Å². The number of amides is 1. The summed E-state index contributed by atoms with van der Waals surface area (Å²) in [5.74, 6) is 1.56. The zero-order valence-electron chi connectivity index (χ0n) is 12.8. The highest BCUT2D eigenvalue weighted by atomic mass is 79.9. The van der Waals surface area contributed by atoms with E-state index in [2.05, 4.69) is 21.2 Å². The molecule has 3 rings (SSSR count). The fourth-order valence-corrected chi connectivity index (χ4v) is 2.94. The van der Waals surface area contributed by atoms with Gasteiger partial charge in [0.2, 0.25) is 12.7 Å². The van der Waals surface area contributed by atoms with Crippen LogP contribution >= 0.6 is 15.9 Å². The summed E-state index contributed by atoms with van der Waals surface area (Å²) in [7, 11) is 0. The molecule has 0 fully saturated rings. The maximum Gasteiger partial charge on any atom is 0.231 e. The Morgan fingerprint density at radius 1 is 1.22 bits per heavy atom. The van der Waals surface area contributed by atoms with Crippen LogP contribution in [0, 0.1) is 0 Å². The van der Waals surface area contributed by atoms with Gasteiger partial charge in [0.15, 0.2) is 11.5 Å². The standard InChI is InChI=1S/C18H18BrNO3/c1-12(14-3-2-4-15(19)10-14)20-18(21)8-6-13-5-7-16-17(9-13)23-11-22-16/h2-5,7,9-10,12H,6,8,11H2,1H3,(H,20,21)/t12-/m0/s1. The van der Waals surface area contributed by atoms with E-state index < -0.39 is 0 Å². The Morgan fingerprint density at radius 3 is 2.87 bits per heavy atom. The van der Waals surface area contributed by atoms with E-state index >= 15 is 0 Å². The first-order valence-electron chi connectivity index (χ1n) is 7.55. The molecule has 2 aromatic carbocycles. The van der Waals surface area contributed by atoms with Gasteiger partial charge in [-0.3, -0.25) is 4.79 Å². The molecule has 2 aromatic rings. The second-order valence-electron chi connectivity index (χ2n) is 5.53. The summed E-state index contributed by atoms with van der Waals surface area (Å²) in [6, 6.07) is 13.7. The Kier molecular flexibility index (Phi) is 4.86. The maximum atomic E-state index is 12.1. The van der Waals surface area contributed by atoms with Crippen LogP contribution in [0.5, 0.6) is 11.5 Å². The van der Waals surface area contributed by atoms with E-state index in [0.29, 0.717) is 12.8 Å². The number of benzene rings is 2. The smallest absolute Gasteiger partial charge is 0.231 e. The minimum absolute atomic E-state index is 0.0169. The Balaban J connectivity index is 1.53. The Hall–Kier alpha value is -2.01. The fraction of sp³-hybridized carbons (Fsp3) is 0.278. The van der Waals surface area contributed by atoms with Crippen molar-refractivity contribution in [2.45, 2.75) is 25.8 Å². The topological polar surface area (TPSA) is 47.6 Å². The number of fused-ring (bicyclic) bond motifs is 1. The first-order valence-corrected chi connectivity index (χ1v) is 8.34. The average molecular weight is 376 g/mol.